The molecule has 0 aromatic heterocycles. The number of carbonyl (C=O) groups excluding carboxylic acids is 1. The molecule has 3 nitrogen and oxygen atoms in total. The van der Waals surface area contributed by atoms with Gasteiger partial charge in [-0.3, -0.25) is 4.79 Å². The third-order valence-electron chi connectivity index (χ3n) is 2.46. The normalized spacial score (nSPS) is 12.2. The lowest BCUT2D eigenvalue weighted by Gasteiger charge is -2.09. The fourth-order valence-corrected chi connectivity index (χ4v) is 1.42. The van der Waals surface area contributed by atoms with Crippen molar-refractivity contribution in [2.24, 2.45) is 0 Å². The third-order valence-corrected chi connectivity index (χ3v) is 2.46. The predicted octanol–water partition coefficient (Wildman–Crippen LogP) is 2.40. The molecule has 88 valence electrons. The first-order chi connectivity index (χ1) is 7.49. The van der Waals surface area contributed by atoms with Crippen molar-refractivity contribution in [3.8, 4) is 0 Å². The number of rotatable bonds is 4. The lowest BCUT2D eigenvalue weighted by atomic mass is 10.1. The number of aliphatic hydroxyl groups is 1. The van der Waals surface area contributed by atoms with E-state index in [1.54, 1.807) is 6.92 Å². The zero-order chi connectivity index (χ0) is 12.1. The van der Waals surface area contributed by atoms with Crippen LogP contribution < -0.4 is 5.32 Å². The molecule has 0 spiro atoms. The molecule has 3 heteroatoms. The molecular formula is C13H19NO2. The molecule has 1 atom stereocenters. The summed E-state index contributed by atoms with van der Waals surface area (Å²) in [5.74, 6) is -0.0467. The van der Waals surface area contributed by atoms with Gasteiger partial charge in [-0.25, -0.2) is 0 Å². The van der Waals surface area contributed by atoms with Crippen LogP contribution in [0, 0.1) is 13.8 Å². The minimum Gasteiger partial charge on any atom is -0.393 e. The van der Waals surface area contributed by atoms with Gasteiger partial charge in [0.25, 0.3) is 0 Å². The van der Waals surface area contributed by atoms with E-state index >= 15 is 0 Å². The number of hydrogen-bond donors (Lipinski definition) is 2. The standard InChI is InChI=1S/C13H19NO2/c1-9-4-5-10(2)12(8-9)14-13(16)7-6-11(3)15/h4-5,8,11,15H,6-7H2,1-3H3,(H,14,16). The fourth-order valence-electron chi connectivity index (χ4n) is 1.42. The van der Waals surface area contributed by atoms with Crippen molar-refractivity contribution in [1.29, 1.82) is 0 Å². The second kappa shape index (κ2) is 5.66. The van der Waals surface area contributed by atoms with Crippen LogP contribution in [0.1, 0.15) is 30.9 Å². The Morgan fingerprint density at radius 2 is 2.12 bits per heavy atom. The van der Waals surface area contributed by atoms with Gasteiger partial charge in [-0.1, -0.05) is 12.1 Å². The van der Waals surface area contributed by atoms with Crippen molar-refractivity contribution in [2.45, 2.75) is 39.7 Å². The number of amides is 1. The highest BCUT2D eigenvalue weighted by Crippen LogP contribution is 2.16. The molecule has 0 aliphatic heterocycles. The number of hydrogen-bond acceptors (Lipinski definition) is 2. The van der Waals surface area contributed by atoms with Gasteiger partial charge in [0.05, 0.1) is 6.10 Å². The van der Waals surface area contributed by atoms with Gasteiger partial charge in [0.1, 0.15) is 0 Å². The van der Waals surface area contributed by atoms with Crippen LogP contribution in [-0.2, 0) is 4.79 Å². The molecule has 0 saturated heterocycles. The summed E-state index contributed by atoms with van der Waals surface area (Å²) in [7, 11) is 0. The van der Waals surface area contributed by atoms with Crippen LogP contribution in [0.3, 0.4) is 0 Å². The average molecular weight is 221 g/mol. The van der Waals surface area contributed by atoms with Crippen LogP contribution in [0.4, 0.5) is 5.69 Å². The molecule has 0 aliphatic rings. The van der Waals surface area contributed by atoms with Gasteiger partial charge in [0, 0.05) is 12.1 Å². The first kappa shape index (κ1) is 12.7. The minimum atomic E-state index is -0.427. The van der Waals surface area contributed by atoms with Gasteiger partial charge in [0.2, 0.25) is 5.91 Å². The van der Waals surface area contributed by atoms with Crippen molar-refractivity contribution < 1.29 is 9.90 Å². The molecule has 0 aliphatic carbocycles. The van der Waals surface area contributed by atoms with Crippen LogP contribution in [0.5, 0.6) is 0 Å². The summed E-state index contributed by atoms with van der Waals surface area (Å²) >= 11 is 0. The van der Waals surface area contributed by atoms with Gasteiger partial charge in [-0.2, -0.15) is 0 Å². The second-order valence-corrected chi connectivity index (χ2v) is 4.25. The van der Waals surface area contributed by atoms with E-state index in [0.29, 0.717) is 12.8 Å². The monoisotopic (exact) mass is 221 g/mol. The summed E-state index contributed by atoms with van der Waals surface area (Å²) < 4.78 is 0. The molecule has 16 heavy (non-hydrogen) atoms. The SMILES string of the molecule is Cc1ccc(C)c(NC(=O)CCC(C)O)c1. The Labute approximate surface area is 96.5 Å². The molecule has 0 radical (unpaired) electrons. The highest BCUT2D eigenvalue weighted by molar-refractivity contribution is 5.91. The van der Waals surface area contributed by atoms with Gasteiger partial charge >= 0.3 is 0 Å². The highest BCUT2D eigenvalue weighted by Gasteiger charge is 2.06. The van der Waals surface area contributed by atoms with E-state index in [9.17, 15) is 4.79 Å². The number of carbonyl (C=O) groups is 1. The largest absolute Gasteiger partial charge is 0.393 e. The van der Waals surface area contributed by atoms with Gasteiger partial charge < -0.3 is 10.4 Å². The highest BCUT2D eigenvalue weighted by atomic mass is 16.3. The van der Waals surface area contributed by atoms with Crippen molar-refractivity contribution in [2.75, 3.05) is 5.32 Å². The zero-order valence-corrected chi connectivity index (χ0v) is 10.1. The van der Waals surface area contributed by atoms with Crippen molar-refractivity contribution >= 4 is 11.6 Å². The molecule has 1 amide bonds. The van der Waals surface area contributed by atoms with E-state index in [4.69, 9.17) is 5.11 Å². The Morgan fingerprint density at radius 3 is 2.75 bits per heavy atom. The van der Waals surface area contributed by atoms with E-state index < -0.39 is 6.10 Å². The molecule has 1 aromatic rings. The first-order valence-corrected chi connectivity index (χ1v) is 5.54. The van der Waals surface area contributed by atoms with E-state index in [2.05, 4.69) is 5.32 Å². The summed E-state index contributed by atoms with van der Waals surface area (Å²) in [6, 6.07) is 5.95. The summed E-state index contributed by atoms with van der Waals surface area (Å²) in [5, 5.41) is 11.9. The zero-order valence-electron chi connectivity index (χ0n) is 10.1. The van der Waals surface area contributed by atoms with Gasteiger partial charge in [0.15, 0.2) is 0 Å². The number of aryl methyl sites for hydroxylation is 2. The Hall–Kier alpha value is -1.35. The first-order valence-electron chi connectivity index (χ1n) is 5.54. The van der Waals surface area contributed by atoms with Crippen LogP contribution in [-0.4, -0.2) is 17.1 Å². The molecular weight excluding hydrogens is 202 g/mol. The Balaban J connectivity index is 2.59. The van der Waals surface area contributed by atoms with Crippen molar-refractivity contribution in [1.82, 2.24) is 0 Å². The Bertz CT molecular complexity index is 372. The van der Waals surface area contributed by atoms with Crippen LogP contribution >= 0.6 is 0 Å². The fraction of sp³-hybridized carbons (Fsp3) is 0.462. The van der Waals surface area contributed by atoms with E-state index in [1.165, 1.54) is 0 Å². The molecule has 0 saturated carbocycles. The predicted molar refractivity (Wildman–Crippen MR) is 65.5 cm³/mol. The average Bonchev–Trinajstić information content (AvgIpc) is 2.20. The maximum atomic E-state index is 11.6. The smallest absolute Gasteiger partial charge is 0.224 e. The van der Waals surface area contributed by atoms with E-state index in [1.807, 2.05) is 32.0 Å². The lowest BCUT2D eigenvalue weighted by molar-refractivity contribution is -0.116. The van der Waals surface area contributed by atoms with Gasteiger partial charge in [-0.15, -0.1) is 0 Å². The van der Waals surface area contributed by atoms with E-state index in [0.717, 1.165) is 16.8 Å². The summed E-state index contributed by atoms with van der Waals surface area (Å²) in [6.45, 7) is 5.64. The van der Waals surface area contributed by atoms with Crippen LogP contribution in [0.15, 0.2) is 18.2 Å². The maximum absolute atomic E-state index is 11.6. The topological polar surface area (TPSA) is 49.3 Å². The molecule has 0 fully saturated rings. The van der Waals surface area contributed by atoms with Crippen molar-refractivity contribution in [3.63, 3.8) is 0 Å². The quantitative estimate of drug-likeness (QED) is 0.820. The van der Waals surface area contributed by atoms with Crippen molar-refractivity contribution in [3.05, 3.63) is 29.3 Å². The number of anilines is 1. The lowest BCUT2D eigenvalue weighted by Crippen LogP contribution is -2.14. The molecule has 0 bridgehead atoms. The van der Waals surface area contributed by atoms with Crippen LogP contribution in [0.25, 0.3) is 0 Å². The number of benzene rings is 1. The second-order valence-electron chi connectivity index (χ2n) is 4.25. The molecule has 1 aromatic carbocycles. The third kappa shape index (κ3) is 4.03. The number of aliphatic hydroxyl groups excluding tert-OH is 1. The minimum absolute atomic E-state index is 0.0467. The van der Waals surface area contributed by atoms with Crippen LogP contribution in [0.2, 0.25) is 0 Å². The molecule has 1 unspecified atom stereocenters. The summed E-state index contributed by atoms with van der Waals surface area (Å²) in [4.78, 5) is 11.6. The summed E-state index contributed by atoms with van der Waals surface area (Å²) in [6.07, 6.45) is 0.422. The van der Waals surface area contributed by atoms with E-state index in [-0.39, 0.29) is 5.91 Å². The summed E-state index contributed by atoms with van der Waals surface area (Å²) in [5.41, 5.74) is 3.03. The molecule has 2 N–H and O–H groups in total. The molecule has 0 heterocycles. The number of nitrogens with one attached hydrogen (secondary N) is 1. The van der Waals surface area contributed by atoms with Gasteiger partial charge in [-0.05, 0) is 44.4 Å². The Morgan fingerprint density at radius 1 is 1.44 bits per heavy atom. The Kier molecular flexibility index (Phi) is 4.50. The molecule has 1 rings (SSSR count). The maximum Gasteiger partial charge on any atom is 0.224 e.